The number of hydrogen-bond acceptors (Lipinski definition) is 4. The highest BCUT2D eigenvalue weighted by atomic mass is 19.1. The van der Waals surface area contributed by atoms with Gasteiger partial charge in [0.1, 0.15) is 5.82 Å². The molecule has 1 unspecified atom stereocenters. The van der Waals surface area contributed by atoms with E-state index in [0.717, 1.165) is 55.5 Å². The number of ether oxygens (including phenoxy) is 1. The predicted octanol–water partition coefficient (Wildman–Crippen LogP) is 5.52. The lowest BCUT2D eigenvalue weighted by molar-refractivity contribution is -0.127. The molecule has 1 aliphatic carbocycles. The maximum Gasteiger partial charge on any atom is 0.295 e. The van der Waals surface area contributed by atoms with Gasteiger partial charge in [-0.15, -0.1) is 0 Å². The zero-order valence-corrected chi connectivity index (χ0v) is 21.5. The molecular weight excluding hydrogens is 486 g/mol. The Bertz CT molecular complexity index is 1280. The van der Waals surface area contributed by atoms with E-state index in [2.05, 4.69) is 4.90 Å². The molecule has 198 valence electrons. The summed E-state index contributed by atoms with van der Waals surface area (Å²) in [7, 11) is 1.65. The molecule has 3 aromatic rings. The molecule has 0 aromatic heterocycles. The highest BCUT2D eigenvalue weighted by Crippen LogP contribution is 2.29. The average molecular weight is 519 g/mol. The summed E-state index contributed by atoms with van der Waals surface area (Å²) in [5.41, 5.74) is 2.69. The Labute approximate surface area is 222 Å². The van der Waals surface area contributed by atoms with Gasteiger partial charge in [0.05, 0.1) is 6.10 Å². The van der Waals surface area contributed by atoms with Crippen molar-refractivity contribution in [3.63, 3.8) is 0 Å². The smallest absolute Gasteiger partial charge is 0.295 e. The molecular formula is C31H32F2N2O3. The van der Waals surface area contributed by atoms with Crippen LogP contribution in [0.1, 0.15) is 41.6 Å². The van der Waals surface area contributed by atoms with Crippen LogP contribution in [0.3, 0.4) is 0 Å². The van der Waals surface area contributed by atoms with Crippen LogP contribution in [0.15, 0.2) is 66.7 Å². The highest BCUT2D eigenvalue weighted by molar-refractivity contribution is 6.42. The van der Waals surface area contributed by atoms with Crippen LogP contribution in [-0.2, 0) is 11.2 Å². The van der Waals surface area contributed by atoms with Crippen molar-refractivity contribution in [2.45, 2.75) is 44.2 Å². The molecule has 0 N–H and O–H groups in total. The van der Waals surface area contributed by atoms with Crippen LogP contribution in [0, 0.1) is 11.6 Å². The third kappa shape index (κ3) is 6.27. The van der Waals surface area contributed by atoms with Gasteiger partial charge in [0.15, 0.2) is 11.6 Å². The van der Waals surface area contributed by atoms with Gasteiger partial charge in [0.2, 0.25) is 5.78 Å². The van der Waals surface area contributed by atoms with Crippen LogP contribution in [0.5, 0.6) is 5.75 Å². The molecule has 7 heteroatoms. The fourth-order valence-electron chi connectivity index (χ4n) is 4.90. The number of nitrogens with zero attached hydrogens (tertiary/aromatic N) is 2. The van der Waals surface area contributed by atoms with Crippen LogP contribution in [-0.4, -0.2) is 60.3 Å². The molecule has 5 rings (SSSR count). The lowest BCUT2D eigenvalue weighted by atomic mass is 10.0. The topological polar surface area (TPSA) is 49.9 Å². The van der Waals surface area contributed by atoms with Crippen molar-refractivity contribution in [3.05, 3.63) is 89.5 Å². The van der Waals surface area contributed by atoms with Crippen molar-refractivity contribution < 1.29 is 23.1 Å². The molecule has 1 aliphatic heterocycles. The van der Waals surface area contributed by atoms with Gasteiger partial charge in [0.25, 0.3) is 5.91 Å². The van der Waals surface area contributed by atoms with E-state index in [1.807, 2.05) is 6.07 Å². The summed E-state index contributed by atoms with van der Waals surface area (Å²) in [6.07, 6.45) is 4.65. The van der Waals surface area contributed by atoms with Gasteiger partial charge in [0, 0.05) is 25.2 Å². The first kappa shape index (κ1) is 26.0. The van der Waals surface area contributed by atoms with Crippen LogP contribution >= 0.6 is 0 Å². The summed E-state index contributed by atoms with van der Waals surface area (Å²) in [6, 6.07) is 17.5. The molecule has 5 nitrogen and oxygen atoms in total. The van der Waals surface area contributed by atoms with E-state index in [4.69, 9.17) is 4.74 Å². The number of amides is 1. The van der Waals surface area contributed by atoms with E-state index < -0.39 is 17.5 Å². The number of benzene rings is 3. The number of rotatable bonds is 10. The third-order valence-electron chi connectivity index (χ3n) is 7.34. The monoisotopic (exact) mass is 518 g/mol. The van der Waals surface area contributed by atoms with Gasteiger partial charge < -0.3 is 14.5 Å². The minimum atomic E-state index is -0.599. The second-order valence-electron chi connectivity index (χ2n) is 10.3. The number of ketones is 1. The van der Waals surface area contributed by atoms with Crippen molar-refractivity contribution in [1.29, 1.82) is 0 Å². The van der Waals surface area contributed by atoms with E-state index in [9.17, 15) is 18.4 Å². The van der Waals surface area contributed by atoms with Crippen LogP contribution < -0.4 is 4.74 Å². The molecule has 38 heavy (non-hydrogen) atoms. The molecule has 2 aliphatic rings. The number of likely N-dealkylation sites (tertiary alicyclic amines) is 1. The first-order valence-electron chi connectivity index (χ1n) is 13.2. The Balaban J connectivity index is 1.30. The van der Waals surface area contributed by atoms with Crippen molar-refractivity contribution >= 4 is 11.7 Å². The first-order valence-corrected chi connectivity index (χ1v) is 13.2. The van der Waals surface area contributed by atoms with Crippen LogP contribution in [0.25, 0.3) is 11.1 Å². The lowest BCUT2D eigenvalue weighted by Gasteiger charge is -2.31. The predicted molar refractivity (Wildman–Crippen MR) is 142 cm³/mol. The van der Waals surface area contributed by atoms with E-state index in [-0.39, 0.29) is 23.7 Å². The van der Waals surface area contributed by atoms with Crippen molar-refractivity contribution in [2.24, 2.45) is 0 Å². The maximum absolute atomic E-state index is 14.7. The van der Waals surface area contributed by atoms with E-state index >= 15 is 0 Å². The zero-order valence-electron chi connectivity index (χ0n) is 21.5. The van der Waals surface area contributed by atoms with Gasteiger partial charge in [-0.1, -0.05) is 42.5 Å². The molecule has 1 saturated carbocycles. The second kappa shape index (κ2) is 11.4. The fourth-order valence-corrected chi connectivity index (χ4v) is 4.90. The third-order valence-corrected chi connectivity index (χ3v) is 7.34. The Hall–Kier alpha value is -3.58. The fraction of sp³-hybridized carbons (Fsp3) is 0.355. The number of halogens is 2. The minimum Gasteiger partial charge on any atom is -0.487 e. The quantitative estimate of drug-likeness (QED) is 0.262. The number of carbonyl (C=O) groups excluding carboxylic acids is 2. The molecule has 0 radical (unpaired) electrons. The van der Waals surface area contributed by atoms with Crippen LogP contribution in [0.2, 0.25) is 0 Å². The number of carbonyl (C=O) groups is 2. The van der Waals surface area contributed by atoms with E-state index in [0.29, 0.717) is 18.5 Å². The molecule has 0 bridgehead atoms. The largest absolute Gasteiger partial charge is 0.487 e. The Morgan fingerprint density at radius 1 is 0.947 bits per heavy atom. The van der Waals surface area contributed by atoms with Gasteiger partial charge in [-0.25, -0.2) is 8.78 Å². The maximum atomic E-state index is 14.7. The van der Waals surface area contributed by atoms with E-state index in [1.54, 1.807) is 49.5 Å². The summed E-state index contributed by atoms with van der Waals surface area (Å²) in [5.74, 6) is -1.65. The number of likely N-dealkylation sites (N-methyl/N-ethyl adjacent to an activating group) is 1. The zero-order chi connectivity index (χ0) is 26.6. The second-order valence-corrected chi connectivity index (χ2v) is 10.3. The molecule has 1 amide bonds. The molecule has 3 aromatic carbocycles. The summed E-state index contributed by atoms with van der Waals surface area (Å²) in [5, 5.41) is 0. The SMILES string of the molecule is CN(C(=O)C(=O)c1ccc(-c2ccc(F)cc2)cc1)C(Cc1ccc(OC2CC2)c(F)c1)CN1CCCC1. The summed E-state index contributed by atoms with van der Waals surface area (Å²) in [6.45, 7) is 2.50. The van der Waals surface area contributed by atoms with Gasteiger partial charge in [-0.2, -0.15) is 0 Å². The minimum absolute atomic E-state index is 0.109. The molecule has 1 atom stereocenters. The van der Waals surface area contributed by atoms with E-state index in [1.165, 1.54) is 23.1 Å². The summed E-state index contributed by atoms with van der Waals surface area (Å²) >= 11 is 0. The normalized spacial score (nSPS) is 16.3. The van der Waals surface area contributed by atoms with Gasteiger partial charge >= 0.3 is 0 Å². The first-order chi connectivity index (χ1) is 18.4. The van der Waals surface area contributed by atoms with Gasteiger partial charge in [-0.3, -0.25) is 9.59 Å². The average Bonchev–Trinajstić information content (AvgIpc) is 3.60. The number of Topliss-reactive ketones (excluding diaryl/α,β-unsaturated/α-hetero) is 1. The molecule has 2 fully saturated rings. The Kier molecular flexibility index (Phi) is 7.84. The van der Waals surface area contributed by atoms with Crippen LogP contribution in [0.4, 0.5) is 8.78 Å². The van der Waals surface area contributed by atoms with Gasteiger partial charge in [-0.05, 0) is 86.1 Å². The summed E-state index contributed by atoms with van der Waals surface area (Å²) < 4.78 is 33.6. The lowest BCUT2D eigenvalue weighted by Crippen LogP contribution is -2.47. The number of hydrogen-bond donors (Lipinski definition) is 0. The standard InChI is InChI=1S/C31H32F2N2O3/c1-34(31(37)30(36)24-7-5-22(6-8-24)23-9-11-25(32)12-10-23)26(20-35-16-2-3-17-35)18-21-4-15-29(28(33)19-21)38-27-13-14-27/h4-12,15,19,26-27H,2-3,13-14,16-18,20H2,1H3. The Morgan fingerprint density at radius 3 is 2.18 bits per heavy atom. The van der Waals surface area contributed by atoms with Crippen molar-refractivity contribution in [2.75, 3.05) is 26.7 Å². The van der Waals surface area contributed by atoms with Crippen molar-refractivity contribution in [3.8, 4) is 16.9 Å². The molecule has 1 saturated heterocycles. The molecule has 1 heterocycles. The van der Waals surface area contributed by atoms with Crippen molar-refractivity contribution in [1.82, 2.24) is 9.80 Å². The molecule has 0 spiro atoms. The highest BCUT2D eigenvalue weighted by Gasteiger charge is 2.29. The Morgan fingerprint density at radius 2 is 1.58 bits per heavy atom. The summed E-state index contributed by atoms with van der Waals surface area (Å²) in [4.78, 5) is 30.3.